The van der Waals surface area contributed by atoms with E-state index in [4.69, 9.17) is 23.2 Å². The topological polar surface area (TPSA) is 93.4 Å². The molecule has 0 saturated heterocycles. The van der Waals surface area contributed by atoms with E-state index in [1.165, 1.54) is 35.0 Å². The van der Waals surface area contributed by atoms with Crippen LogP contribution in [0.1, 0.15) is 5.69 Å². The minimum atomic E-state index is -4.16. The first-order valence-electron chi connectivity index (χ1n) is 10.8. The molecule has 4 aromatic rings. The Labute approximate surface area is 218 Å². The van der Waals surface area contributed by atoms with Gasteiger partial charge in [0, 0.05) is 7.05 Å². The normalized spacial score (nSPS) is 11.3. The molecule has 3 aromatic carbocycles. The summed E-state index contributed by atoms with van der Waals surface area (Å²) in [5.41, 5.74) is 0.885. The van der Waals surface area contributed by atoms with Crippen molar-refractivity contribution in [2.75, 3.05) is 16.2 Å². The third-order valence-corrected chi connectivity index (χ3v) is 8.16. The molecule has 0 radical (unpaired) electrons. The third-order valence-electron chi connectivity index (χ3n) is 5.63. The van der Waals surface area contributed by atoms with Gasteiger partial charge in [0.2, 0.25) is 5.91 Å². The Morgan fingerprint density at radius 3 is 2.17 bits per heavy atom. The van der Waals surface area contributed by atoms with Crippen molar-refractivity contribution in [2.24, 2.45) is 7.05 Å². The van der Waals surface area contributed by atoms with Gasteiger partial charge in [-0.1, -0.05) is 59.6 Å². The predicted octanol–water partition coefficient (Wildman–Crippen LogP) is 4.63. The zero-order chi connectivity index (χ0) is 26.0. The summed E-state index contributed by atoms with van der Waals surface area (Å²) >= 11 is 12.2. The van der Waals surface area contributed by atoms with Gasteiger partial charge in [-0.3, -0.25) is 18.6 Å². The Kier molecular flexibility index (Phi) is 7.26. The van der Waals surface area contributed by atoms with E-state index < -0.39 is 28.0 Å². The van der Waals surface area contributed by atoms with Crippen LogP contribution < -0.4 is 15.2 Å². The molecule has 0 saturated carbocycles. The highest BCUT2D eigenvalue weighted by molar-refractivity contribution is 7.92. The lowest BCUT2D eigenvalue weighted by Crippen LogP contribution is -2.38. The number of benzene rings is 3. The number of carbonyl (C=O) groups is 1. The van der Waals surface area contributed by atoms with Gasteiger partial charge in [-0.15, -0.1) is 0 Å². The van der Waals surface area contributed by atoms with Gasteiger partial charge in [0.05, 0.1) is 32.0 Å². The van der Waals surface area contributed by atoms with Gasteiger partial charge in [-0.25, -0.2) is 13.1 Å². The summed E-state index contributed by atoms with van der Waals surface area (Å²) in [6.07, 6.45) is 0. The second kappa shape index (κ2) is 10.2. The molecule has 0 aliphatic carbocycles. The largest absolute Gasteiger partial charge is 0.318 e. The van der Waals surface area contributed by atoms with Crippen LogP contribution in [0, 0.1) is 6.92 Å². The van der Waals surface area contributed by atoms with E-state index in [9.17, 15) is 18.0 Å². The average molecular weight is 545 g/mol. The molecule has 0 atom stereocenters. The lowest BCUT2D eigenvalue weighted by atomic mass is 10.3. The molecule has 0 unspecified atom stereocenters. The number of halogens is 2. The van der Waals surface area contributed by atoms with Crippen molar-refractivity contribution in [1.82, 2.24) is 9.36 Å². The van der Waals surface area contributed by atoms with Crippen LogP contribution in [0.2, 0.25) is 10.0 Å². The molecule has 1 heterocycles. The number of rotatable bonds is 7. The highest BCUT2D eigenvalue weighted by Gasteiger charge is 2.28. The van der Waals surface area contributed by atoms with Crippen LogP contribution >= 0.6 is 23.2 Å². The number of nitrogens with one attached hydrogen (secondary N) is 1. The van der Waals surface area contributed by atoms with Crippen LogP contribution in [0.5, 0.6) is 0 Å². The monoisotopic (exact) mass is 544 g/mol. The summed E-state index contributed by atoms with van der Waals surface area (Å²) in [5.74, 6) is -0.702. The first-order chi connectivity index (χ1) is 17.1. The molecule has 11 heteroatoms. The van der Waals surface area contributed by atoms with Crippen molar-refractivity contribution in [3.8, 4) is 5.69 Å². The van der Waals surface area contributed by atoms with E-state index in [1.807, 2.05) is 6.07 Å². The minimum absolute atomic E-state index is 0.00815. The van der Waals surface area contributed by atoms with Gasteiger partial charge < -0.3 is 5.32 Å². The number of hydrogen-bond acceptors (Lipinski definition) is 4. The fraction of sp³-hybridized carbons (Fsp3) is 0.120. The molecule has 1 N–H and O–H groups in total. The molecule has 8 nitrogen and oxygen atoms in total. The van der Waals surface area contributed by atoms with E-state index in [2.05, 4.69) is 5.32 Å². The zero-order valence-corrected chi connectivity index (χ0v) is 21.7. The zero-order valence-electron chi connectivity index (χ0n) is 19.4. The van der Waals surface area contributed by atoms with E-state index in [1.54, 1.807) is 61.1 Å². The molecular formula is C25H22Cl2N4O4S. The number of amides is 1. The SMILES string of the molecule is Cc1c(NC(=O)CN(c2ccc(Cl)c(Cl)c2)S(=O)(=O)c2ccccc2)c(=O)n(-c2ccccc2)n1C. The Balaban J connectivity index is 1.71. The minimum Gasteiger partial charge on any atom is -0.318 e. The number of para-hydroxylation sites is 1. The molecule has 0 aliphatic rings. The Hall–Kier alpha value is -3.53. The van der Waals surface area contributed by atoms with Gasteiger partial charge in [0.1, 0.15) is 12.2 Å². The number of carbonyl (C=O) groups excluding carboxylic acids is 1. The maximum Gasteiger partial charge on any atom is 0.295 e. The Morgan fingerprint density at radius 2 is 1.56 bits per heavy atom. The number of aromatic nitrogens is 2. The summed E-state index contributed by atoms with van der Waals surface area (Å²) in [6.45, 7) is 1.09. The maximum absolute atomic E-state index is 13.5. The number of nitrogens with zero attached hydrogens (tertiary/aromatic N) is 3. The molecule has 1 amide bonds. The standard InChI is InChI=1S/C25H22Cl2N4O4S/c1-17-24(25(33)31(29(17)2)18-9-5-3-6-10-18)28-23(32)16-30(19-13-14-21(26)22(27)15-19)36(34,35)20-11-7-4-8-12-20/h3-15H,16H2,1-2H3,(H,28,32). The smallest absolute Gasteiger partial charge is 0.295 e. The van der Waals surface area contributed by atoms with E-state index >= 15 is 0 Å². The van der Waals surface area contributed by atoms with Crippen LogP contribution in [-0.4, -0.2) is 30.2 Å². The molecule has 4 rings (SSSR count). The Morgan fingerprint density at radius 1 is 0.944 bits per heavy atom. The summed E-state index contributed by atoms with van der Waals surface area (Å²) in [4.78, 5) is 26.3. The molecular weight excluding hydrogens is 523 g/mol. The van der Waals surface area contributed by atoms with E-state index in [0.29, 0.717) is 11.4 Å². The Bertz CT molecular complexity index is 1580. The van der Waals surface area contributed by atoms with Crippen molar-refractivity contribution < 1.29 is 13.2 Å². The third kappa shape index (κ3) is 4.90. The summed E-state index contributed by atoms with van der Waals surface area (Å²) in [5, 5.41) is 2.97. The van der Waals surface area contributed by atoms with Crippen molar-refractivity contribution in [1.29, 1.82) is 0 Å². The van der Waals surface area contributed by atoms with Gasteiger partial charge in [-0.05, 0) is 49.4 Å². The predicted molar refractivity (Wildman–Crippen MR) is 142 cm³/mol. The highest BCUT2D eigenvalue weighted by atomic mass is 35.5. The van der Waals surface area contributed by atoms with Crippen molar-refractivity contribution >= 4 is 50.5 Å². The van der Waals surface area contributed by atoms with E-state index in [-0.39, 0.29) is 26.3 Å². The number of sulfonamides is 1. The van der Waals surface area contributed by atoms with Gasteiger partial charge >= 0.3 is 0 Å². The lowest BCUT2D eigenvalue weighted by molar-refractivity contribution is -0.114. The second-order valence-electron chi connectivity index (χ2n) is 7.91. The fourth-order valence-corrected chi connectivity index (χ4v) is 5.42. The first kappa shape index (κ1) is 25.6. The van der Waals surface area contributed by atoms with Crippen LogP contribution in [0.25, 0.3) is 5.69 Å². The van der Waals surface area contributed by atoms with Crippen molar-refractivity contribution in [2.45, 2.75) is 11.8 Å². The van der Waals surface area contributed by atoms with Gasteiger partial charge in [0.15, 0.2) is 0 Å². The molecule has 36 heavy (non-hydrogen) atoms. The van der Waals surface area contributed by atoms with Crippen LogP contribution in [0.15, 0.2) is 88.6 Å². The highest BCUT2D eigenvalue weighted by Crippen LogP contribution is 2.30. The first-order valence-corrected chi connectivity index (χ1v) is 13.0. The number of anilines is 2. The maximum atomic E-state index is 13.5. The summed E-state index contributed by atoms with van der Waals surface area (Å²) in [6, 6.07) is 20.9. The lowest BCUT2D eigenvalue weighted by Gasteiger charge is -2.24. The molecule has 0 fully saturated rings. The molecule has 186 valence electrons. The van der Waals surface area contributed by atoms with Crippen LogP contribution in [0.4, 0.5) is 11.4 Å². The van der Waals surface area contributed by atoms with Crippen LogP contribution in [-0.2, 0) is 21.9 Å². The van der Waals surface area contributed by atoms with E-state index in [0.717, 1.165) is 4.31 Å². The number of hydrogen-bond donors (Lipinski definition) is 1. The fourth-order valence-electron chi connectivity index (χ4n) is 3.70. The van der Waals surface area contributed by atoms with Crippen molar-refractivity contribution in [3.05, 3.63) is 105 Å². The van der Waals surface area contributed by atoms with Crippen molar-refractivity contribution in [3.63, 3.8) is 0 Å². The summed E-state index contributed by atoms with van der Waals surface area (Å²) in [7, 11) is -2.46. The molecule has 0 bridgehead atoms. The molecule has 0 aliphatic heterocycles. The van der Waals surface area contributed by atoms with Gasteiger partial charge in [-0.2, -0.15) is 0 Å². The van der Waals surface area contributed by atoms with Gasteiger partial charge in [0.25, 0.3) is 15.6 Å². The molecule has 0 spiro atoms. The second-order valence-corrected chi connectivity index (χ2v) is 10.6. The van der Waals surface area contributed by atoms with Crippen LogP contribution in [0.3, 0.4) is 0 Å². The molecule has 1 aromatic heterocycles. The summed E-state index contributed by atoms with van der Waals surface area (Å²) < 4.78 is 30.9. The average Bonchev–Trinajstić information content (AvgIpc) is 3.08. The quantitative estimate of drug-likeness (QED) is 0.367.